The predicted molar refractivity (Wildman–Crippen MR) is 91.2 cm³/mol. The Morgan fingerprint density at radius 2 is 2.04 bits per heavy atom. The molecule has 24 heavy (non-hydrogen) atoms. The lowest BCUT2D eigenvalue weighted by molar-refractivity contribution is 0.141. The van der Waals surface area contributed by atoms with Gasteiger partial charge in [-0.2, -0.15) is 5.10 Å². The van der Waals surface area contributed by atoms with Crippen LogP contribution in [0.4, 0.5) is 13.6 Å². The molecule has 3 rings (SSSR count). The molecule has 0 aliphatic heterocycles. The summed E-state index contributed by atoms with van der Waals surface area (Å²) in [4.78, 5) is 15.1. The molecule has 0 radical (unpaired) electrons. The molecule has 0 aliphatic rings. The molecule has 3 aromatic rings. The Morgan fingerprint density at radius 3 is 2.71 bits per heavy atom. The minimum Gasteiger partial charge on any atom is -0.445 e. The Balaban J connectivity index is 1.97. The fraction of sp³-hybridized carbons (Fsp3) is 0.133. The number of amides is 1. The van der Waals surface area contributed by atoms with E-state index < -0.39 is 17.7 Å². The van der Waals surface area contributed by atoms with Crippen LogP contribution in [0, 0.1) is 15.3 Å². The normalized spacial score (nSPS) is 10.8. The summed E-state index contributed by atoms with van der Waals surface area (Å²) < 4.78 is 34.2. The zero-order valence-corrected chi connectivity index (χ0v) is 14.5. The minimum atomic E-state index is -0.782. The molecular formula is C15H11F2IN4O2. The second kappa shape index (κ2) is 6.67. The first-order valence-electron chi connectivity index (χ1n) is 6.82. The lowest BCUT2D eigenvalue weighted by Crippen LogP contribution is -2.19. The summed E-state index contributed by atoms with van der Waals surface area (Å²) in [5.41, 5.74) is 0.809. The molecule has 2 N–H and O–H groups in total. The topological polar surface area (TPSA) is 79.9 Å². The van der Waals surface area contributed by atoms with Gasteiger partial charge in [0.1, 0.15) is 21.9 Å². The molecule has 0 spiro atoms. The fourth-order valence-electron chi connectivity index (χ4n) is 2.20. The Morgan fingerprint density at radius 1 is 1.33 bits per heavy atom. The molecule has 9 heteroatoms. The second-order valence-corrected chi connectivity index (χ2v) is 5.91. The van der Waals surface area contributed by atoms with Crippen molar-refractivity contribution in [1.82, 2.24) is 20.5 Å². The molecule has 1 amide bonds. The van der Waals surface area contributed by atoms with Gasteiger partial charge < -0.3 is 10.1 Å². The van der Waals surface area contributed by atoms with Crippen LogP contribution < -0.4 is 5.32 Å². The number of hydrogen-bond donors (Lipinski definition) is 2. The number of hydrogen-bond acceptors (Lipinski definition) is 4. The van der Waals surface area contributed by atoms with Gasteiger partial charge in [0, 0.05) is 12.4 Å². The van der Waals surface area contributed by atoms with Crippen LogP contribution >= 0.6 is 22.6 Å². The van der Waals surface area contributed by atoms with E-state index in [9.17, 15) is 13.6 Å². The summed E-state index contributed by atoms with van der Waals surface area (Å²) in [6.07, 6.45) is 0.794. The number of rotatable bonds is 3. The number of ether oxygens (including phenoxy) is 1. The van der Waals surface area contributed by atoms with Crippen LogP contribution in [0.5, 0.6) is 0 Å². The number of nitrogens with one attached hydrogen (secondary N) is 2. The van der Waals surface area contributed by atoms with Crippen LogP contribution in [0.1, 0.15) is 5.56 Å². The number of benzene rings is 1. The van der Waals surface area contributed by atoms with Crippen molar-refractivity contribution in [1.29, 1.82) is 0 Å². The summed E-state index contributed by atoms with van der Waals surface area (Å²) in [7, 11) is 1.39. The highest BCUT2D eigenvalue weighted by molar-refractivity contribution is 14.1. The monoisotopic (exact) mass is 444 g/mol. The van der Waals surface area contributed by atoms with Gasteiger partial charge in [-0.1, -0.05) is 0 Å². The van der Waals surface area contributed by atoms with Crippen molar-refractivity contribution in [2.45, 2.75) is 6.61 Å². The summed E-state index contributed by atoms with van der Waals surface area (Å²) in [6, 6.07) is 3.81. The number of H-pyrrole nitrogens is 1. The smallest absolute Gasteiger partial charge is 0.407 e. The number of pyridine rings is 1. The van der Waals surface area contributed by atoms with Crippen LogP contribution in [0.15, 0.2) is 24.4 Å². The molecule has 0 bridgehead atoms. The maximum Gasteiger partial charge on any atom is 0.407 e. The van der Waals surface area contributed by atoms with E-state index in [2.05, 4.69) is 20.5 Å². The summed E-state index contributed by atoms with van der Waals surface area (Å²) in [5, 5.41) is 9.78. The van der Waals surface area contributed by atoms with Gasteiger partial charge in [0.25, 0.3) is 0 Å². The average Bonchev–Trinajstić information content (AvgIpc) is 2.93. The molecule has 6 nitrogen and oxygen atoms in total. The second-order valence-electron chi connectivity index (χ2n) is 4.89. The lowest BCUT2D eigenvalue weighted by Gasteiger charge is -2.09. The predicted octanol–water partition coefficient (Wildman–Crippen LogP) is 3.36. The van der Waals surface area contributed by atoms with Crippen LogP contribution in [-0.4, -0.2) is 28.3 Å². The van der Waals surface area contributed by atoms with Crippen LogP contribution in [0.25, 0.3) is 22.2 Å². The van der Waals surface area contributed by atoms with Gasteiger partial charge in [-0.05, 0) is 46.4 Å². The molecule has 2 heterocycles. The number of aromatic nitrogens is 3. The van der Waals surface area contributed by atoms with Crippen LogP contribution in [0.2, 0.25) is 0 Å². The average molecular weight is 444 g/mol. The highest BCUT2D eigenvalue weighted by Gasteiger charge is 2.17. The van der Waals surface area contributed by atoms with E-state index in [0.717, 1.165) is 17.5 Å². The third kappa shape index (κ3) is 3.16. The standard InChI is InChI=1S/C15H11F2IN4O2/c1-19-15(23)24-6-7-2-9(16)13(10(17)3-7)11-4-8-12(5-20-11)21-22-14(8)18/h2-5H,6H2,1H3,(H,19,23)(H,21,22). The van der Waals surface area contributed by atoms with Crippen molar-refractivity contribution in [3.63, 3.8) is 0 Å². The number of aromatic amines is 1. The van der Waals surface area contributed by atoms with Crippen molar-refractivity contribution in [2.75, 3.05) is 7.05 Å². The number of alkyl carbamates (subject to hydrolysis) is 1. The minimum absolute atomic E-state index is 0.163. The molecule has 0 saturated heterocycles. The molecular weight excluding hydrogens is 433 g/mol. The summed E-state index contributed by atoms with van der Waals surface area (Å²) in [5.74, 6) is -1.56. The Kier molecular flexibility index (Phi) is 4.60. The third-order valence-corrected chi connectivity index (χ3v) is 4.16. The van der Waals surface area contributed by atoms with Crippen molar-refractivity contribution < 1.29 is 18.3 Å². The zero-order valence-electron chi connectivity index (χ0n) is 12.4. The molecule has 124 valence electrons. The van der Waals surface area contributed by atoms with Crippen LogP contribution in [-0.2, 0) is 11.3 Å². The van der Waals surface area contributed by atoms with Gasteiger partial charge in [-0.25, -0.2) is 13.6 Å². The number of carbonyl (C=O) groups excluding carboxylic acids is 1. The largest absolute Gasteiger partial charge is 0.445 e. The van der Waals surface area contributed by atoms with E-state index in [1.807, 2.05) is 22.6 Å². The van der Waals surface area contributed by atoms with Crippen molar-refractivity contribution >= 4 is 39.6 Å². The van der Waals surface area contributed by atoms with Crippen molar-refractivity contribution in [3.8, 4) is 11.3 Å². The Labute approximate surface area is 148 Å². The van der Waals surface area contributed by atoms with Gasteiger partial charge in [-0.3, -0.25) is 10.1 Å². The van der Waals surface area contributed by atoms with E-state index in [1.165, 1.54) is 13.2 Å². The van der Waals surface area contributed by atoms with E-state index in [1.54, 1.807) is 6.07 Å². The molecule has 0 unspecified atom stereocenters. The molecule has 1 aromatic carbocycles. The first kappa shape index (κ1) is 16.6. The number of carbonyl (C=O) groups is 1. The Bertz CT molecular complexity index is 906. The number of halogens is 3. The Hall–Kier alpha value is -2.30. The highest BCUT2D eigenvalue weighted by Crippen LogP contribution is 2.29. The van der Waals surface area contributed by atoms with E-state index >= 15 is 0 Å². The number of nitrogens with zero attached hydrogens (tertiary/aromatic N) is 2. The summed E-state index contributed by atoms with van der Waals surface area (Å²) >= 11 is 2.02. The lowest BCUT2D eigenvalue weighted by atomic mass is 10.1. The highest BCUT2D eigenvalue weighted by atomic mass is 127. The molecule has 0 aliphatic carbocycles. The molecule has 0 saturated carbocycles. The van der Waals surface area contributed by atoms with Gasteiger partial charge in [0.05, 0.1) is 23.0 Å². The quantitative estimate of drug-likeness (QED) is 0.608. The maximum absolute atomic E-state index is 14.4. The van der Waals surface area contributed by atoms with Gasteiger partial charge in [0.2, 0.25) is 0 Å². The van der Waals surface area contributed by atoms with E-state index in [4.69, 9.17) is 4.74 Å². The van der Waals surface area contributed by atoms with Gasteiger partial charge in [0.15, 0.2) is 0 Å². The van der Waals surface area contributed by atoms with E-state index in [0.29, 0.717) is 9.22 Å². The maximum atomic E-state index is 14.4. The summed E-state index contributed by atoms with van der Waals surface area (Å²) in [6.45, 7) is -0.236. The van der Waals surface area contributed by atoms with Crippen molar-refractivity contribution in [3.05, 3.63) is 45.3 Å². The fourth-order valence-corrected chi connectivity index (χ4v) is 2.76. The molecule has 0 atom stereocenters. The first-order chi connectivity index (χ1) is 11.5. The SMILES string of the molecule is CNC(=O)OCc1cc(F)c(-c2cc3c(I)n[nH]c3cn2)c(F)c1. The number of fused-ring (bicyclic) bond motifs is 1. The third-order valence-electron chi connectivity index (χ3n) is 3.33. The molecule has 0 fully saturated rings. The van der Waals surface area contributed by atoms with Crippen molar-refractivity contribution in [2.24, 2.45) is 0 Å². The van der Waals surface area contributed by atoms with Gasteiger partial charge >= 0.3 is 6.09 Å². The van der Waals surface area contributed by atoms with E-state index in [-0.39, 0.29) is 23.4 Å². The zero-order chi connectivity index (χ0) is 17.3. The van der Waals surface area contributed by atoms with Crippen LogP contribution in [0.3, 0.4) is 0 Å². The molecule has 2 aromatic heterocycles. The first-order valence-corrected chi connectivity index (χ1v) is 7.90. The van der Waals surface area contributed by atoms with Gasteiger partial charge in [-0.15, -0.1) is 0 Å².